The van der Waals surface area contributed by atoms with Crippen LogP contribution in [0.5, 0.6) is 0 Å². The average Bonchev–Trinajstić information content (AvgIpc) is 2.30. The van der Waals surface area contributed by atoms with Crippen LogP contribution in [0.25, 0.3) is 0 Å². The number of rotatable bonds is 1. The molecule has 0 N–H and O–H groups in total. The maximum absolute atomic E-state index is 13.6. The van der Waals surface area contributed by atoms with Gasteiger partial charge in [0.15, 0.2) is 0 Å². The number of carbonyl (C=O) groups excluding carboxylic acids is 1. The van der Waals surface area contributed by atoms with Gasteiger partial charge in [-0.1, -0.05) is 6.07 Å². The van der Waals surface area contributed by atoms with Gasteiger partial charge in [-0.05, 0) is 47.3 Å². The Labute approximate surface area is 103 Å². The molecule has 0 aromatic heterocycles. The van der Waals surface area contributed by atoms with Crippen molar-refractivity contribution in [2.45, 2.75) is 19.3 Å². The lowest BCUT2D eigenvalue weighted by Crippen LogP contribution is -2.36. The van der Waals surface area contributed by atoms with Gasteiger partial charge < -0.3 is 4.90 Å². The molecule has 1 amide bonds. The average molecular weight is 286 g/mol. The monoisotopic (exact) mass is 285 g/mol. The molecule has 0 atom stereocenters. The van der Waals surface area contributed by atoms with Gasteiger partial charge in [-0.3, -0.25) is 4.79 Å². The van der Waals surface area contributed by atoms with Gasteiger partial charge in [0.25, 0.3) is 5.91 Å². The Morgan fingerprint density at radius 2 is 1.94 bits per heavy atom. The fourth-order valence-corrected chi connectivity index (χ4v) is 2.47. The van der Waals surface area contributed by atoms with Gasteiger partial charge in [0, 0.05) is 17.6 Å². The zero-order chi connectivity index (χ0) is 11.5. The minimum absolute atomic E-state index is 0.157. The first-order chi connectivity index (χ1) is 7.70. The van der Waals surface area contributed by atoms with Crippen LogP contribution in [0.1, 0.15) is 29.6 Å². The van der Waals surface area contributed by atoms with Gasteiger partial charge in [0.2, 0.25) is 0 Å². The topological polar surface area (TPSA) is 20.3 Å². The second kappa shape index (κ2) is 4.95. The first kappa shape index (κ1) is 11.6. The molecule has 0 saturated carbocycles. The minimum atomic E-state index is -0.454. The lowest BCUT2D eigenvalue weighted by atomic mass is 10.1. The van der Waals surface area contributed by atoms with Crippen LogP contribution in [-0.2, 0) is 0 Å². The molecule has 1 aromatic carbocycles. The highest BCUT2D eigenvalue weighted by molar-refractivity contribution is 9.10. The van der Waals surface area contributed by atoms with Crippen molar-refractivity contribution in [3.05, 3.63) is 34.1 Å². The third-order valence-electron chi connectivity index (χ3n) is 2.82. The molecule has 0 bridgehead atoms. The van der Waals surface area contributed by atoms with E-state index in [1.165, 1.54) is 6.07 Å². The molecule has 2 nitrogen and oxygen atoms in total. The molecule has 1 fully saturated rings. The van der Waals surface area contributed by atoms with Crippen LogP contribution in [-0.4, -0.2) is 23.9 Å². The molecule has 1 aliphatic rings. The normalized spacial score (nSPS) is 16.2. The minimum Gasteiger partial charge on any atom is -0.339 e. The molecular weight excluding hydrogens is 273 g/mol. The lowest BCUT2D eigenvalue weighted by molar-refractivity contribution is 0.0718. The Hall–Kier alpha value is -0.900. The van der Waals surface area contributed by atoms with Gasteiger partial charge in [-0.2, -0.15) is 0 Å². The number of nitrogens with zero attached hydrogens (tertiary/aromatic N) is 1. The second-order valence-corrected chi connectivity index (χ2v) is 4.80. The van der Waals surface area contributed by atoms with E-state index >= 15 is 0 Å². The standard InChI is InChI=1S/C12H13BrFNO/c13-9-5-4-6-10(14)11(9)12(16)15-7-2-1-3-8-15/h4-6H,1-3,7-8H2. The van der Waals surface area contributed by atoms with E-state index in [9.17, 15) is 9.18 Å². The summed E-state index contributed by atoms with van der Waals surface area (Å²) in [7, 11) is 0. The molecule has 86 valence electrons. The molecular formula is C12H13BrFNO. The van der Waals surface area contributed by atoms with Crippen LogP contribution in [0.15, 0.2) is 22.7 Å². The second-order valence-electron chi connectivity index (χ2n) is 3.95. The Morgan fingerprint density at radius 3 is 2.56 bits per heavy atom. The number of amides is 1. The van der Waals surface area contributed by atoms with Crippen LogP contribution in [0.2, 0.25) is 0 Å². The highest BCUT2D eigenvalue weighted by atomic mass is 79.9. The van der Waals surface area contributed by atoms with E-state index < -0.39 is 5.82 Å². The number of hydrogen-bond donors (Lipinski definition) is 0. The quantitative estimate of drug-likeness (QED) is 0.776. The van der Waals surface area contributed by atoms with Crippen molar-refractivity contribution in [3.8, 4) is 0 Å². The molecule has 0 radical (unpaired) electrons. The summed E-state index contributed by atoms with van der Waals surface area (Å²) < 4.78 is 14.1. The van der Waals surface area contributed by atoms with Crippen LogP contribution < -0.4 is 0 Å². The first-order valence-electron chi connectivity index (χ1n) is 5.43. The summed E-state index contributed by atoms with van der Waals surface area (Å²) in [5, 5.41) is 0. The number of likely N-dealkylation sites (tertiary alicyclic amines) is 1. The molecule has 1 aromatic rings. The summed E-state index contributed by atoms with van der Waals surface area (Å²) in [6.07, 6.45) is 3.18. The van der Waals surface area contributed by atoms with Crippen molar-refractivity contribution >= 4 is 21.8 Å². The van der Waals surface area contributed by atoms with E-state index in [2.05, 4.69) is 15.9 Å². The molecule has 0 aliphatic carbocycles. The van der Waals surface area contributed by atoms with Crippen LogP contribution in [0, 0.1) is 5.82 Å². The number of piperidine rings is 1. The van der Waals surface area contributed by atoms with E-state index in [1.807, 2.05) is 0 Å². The van der Waals surface area contributed by atoms with E-state index in [-0.39, 0.29) is 11.5 Å². The van der Waals surface area contributed by atoms with Crippen molar-refractivity contribution in [3.63, 3.8) is 0 Å². The summed E-state index contributed by atoms with van der Waals surface area (Å²) in [6, 6.07) is 4.61. The Morgan fingerprint density at radius 1 is 1.25 bits per heavy atom. The van der Waals surface area contributed by atoms with Crippen molar-refractivity contribution in [1.29, 1.82) is 0 Å². The van der Waals surface area contributed by atoms with E-state index in [0.717, 1.165) is 32.4 Å². The van der Waals surface area contributed by atoms with Crippen LogP contribution >= 0.6 is 15.9 Å². The van der Waals surface area contributed by atoms with E-state index in [0.29, 0.717) is 4.47 Å². The van der Waals surface area contributed by atoms with Crippen LogP contribution in [0.3, 0.4) is 0 Å². The Kier molecular flexibility index (Phi) is 3.59. The van der Waals surface area contributed by atoms with Gasteiger partial charge in [-0.25, -0.2) is 4.39 Å². The fourth-order valence-electron chi connectivity index (χ4n) is 1.96. The van der Waals surface area contributed by atoms with Crippen molar-refractivity contribution in [2.75, 3.05) is 13.1 Å². The summed E-state index contributed by atoms with van der Waals surface area (Å²) >= 11 is 3.23. The number of halogens is 2. The molecule has 1 saturated heterocycles. The predicted octanol–water partition coefficient (Wildman–Crippen LogP) is 3.21. The maximum Gasteiger partial charge on any atom is 0.257 e. The molecule has 4 heteroatoms. The third-order valence-corrected chi connectivity index (χ3v) is 3.48. The van der Waals surface area contributed by atoms with Gasteiger partial charge in [-0.15, -0.1) is 0 Å². The zero-order valence-electron chi connectivity index (χ0n) is 8.88. The molecule has 0 spiro atoms. The number of hydrogen-bond acceptors (Lipinski definition) is 1. The lowest BCUT2D eigenvalue weighted by Gasteiger charge is -2.27. The molecule has 0 unspecified atom stereocenters. The molecule has 1 heterocycles. The number of benzene rings is 1. The number of carbonyl (C=O) groups is 1. The zero-order valence-corrected chi connectivity index (χ0v) is 10.5. The van der Waals surface area contributed by atoms with Gasteiger partial charge in [0.05, 0.1) is 5.56 Å². The Bertz CT molecular complexity index is 382. The van der Waals surface area contributed by atoms with Gasteiger partial charge >= 0.3 is 0 Å². The summed E-state index contributed by atoms with van der Waals surface area (Å²) in [5.41, 5.74) is 0.157. The van der Waals surface area contributed by atoms with Crippen molar-refractivity contribution < 1.29 is 9.18 Å². The highest BCUT2D eigenvalue weighted by Crippen LogP contribution is 2.22. The summed E-state index contributed by atoms with van der Waals surface area (Å²) in [6.45, 7) is 1.47. The Balaban J connectivity index is 2.26. The predicted molar refractivity (Wildman–Crippen MR) is 63.9 cm³/mol. The summed E-state index contributed by atoms with van der Waals surface area (Å²) in [5.74, 6) is -0.658. The molecule has 1 aliphatic heterocycles. The van der Waals surface area contributed by atoms with E-state index in [4.69, 9.17) is 0 Å². The molecule has 16 heavy (non-hydrogen) atoms. The van der Waals surface area contributed by atoms with Crippen molar-refractivity contribution in [1.82, 2.24) is 4.90 Å². The van der Waals surface area contributed by atoms with Crippen LogP contribution in [0.4, 0.5) is 4.39 Å². The first-order valence-corrected chi connectivity index (χ1v) is 6.23. The third kappa shape index (κ3) is 2.26. The van der Waals surface area contributed by atoms with Crippen molar-refractivity contribution in [2.24, 2.45) is 0 Å². The largest absolute Gasteiger partial charge is 0.339 e. The molecule has 2 rings (SSSR count). The van der Waals surface area contributed by atoms with Gasteiger partial charge in [0.1, 0.15) is 5.82 Å². The summed E-state index contributed by atoms with van der Waals surface area (Å²) in [4.78, 5) is 13.8. The smallest absolute Gasteiger partial charge is 0.257 e. The van der Waals surface area contributed by atoms with E-state index in [1.54, 1.807) is 17.0 Å². The SMILES string of the molecule is O=C(c1c(F)cccc1Br)N1CCCCC1. The maximum atomic E-state index is 13.6. The fraction of sp³-hybridized carbons (Fsp3) is 0.417. The highest BCUT2D eigenvalue weighted by Gasteiger charge is 2.22.